The molecule has 1 amide bonds. The van der Waals surface area contributed by atoms with Crippen molar-refractivity contribution in [1.82, 2.24) is 0 Å². The van der Waals surface area contributed by atoms with Gasteiger partial charge in [-0.15, -0.1) is 0 Å². The third kappa shape index (κ3) is 2.58. The van der Waals surface area contributed by atoms with Gasteiger partial charge in [-0.2, -0.15) is 0 Å². The summed E-state index contributed by atoms with van der Waals surface area (Å²) in [7, 11) is 0. The summed E-state index contributed by atoms with van der Waals surface area (Å²) in [6.45, 7) is 0. The van der Waals surface area contributed by atoms with Crippen LogP contribution in [0.5, 0.6) is 0 Å². The zero-order valence-electron chi connectivity index (χ0n) is 11.4. The lowest BCUT2D eigenvalue weighted by atomic mass is 9.84. The van der Waals surface area contributed by atoms with Gasteiger partial charge < -0.3 is 16.2 Å². The second-order valence-electron chi connectivity index (χ2n) is 5.93. The molecule has 1 aromatic carbocycles. The molecule has 5 nitrogen and oxygen atoms in total. The maximum absolute atomic E-state index is 12.4. The van der Waals surface area contributed by atoms with Crippen molar-refractivity contribution in [2.45, 2.75) is 25.3 Å². The minimum atomic E-state index is -1.03. The molecule has 4 unspecified atom stereocenters. The molecule has 112 valence electrons. The maximum atomic E-state index is 12.4. The van der Waals surface area contributed by atoms with Crippen molar-refractivity contribution < 1.29 is 14.7 Å². The van der Waals surface area contributed by atoms with E-state index in [1.54, 1.807) is 12.1 Å². The van der Waals surface area contributed by atoms with E-state index in [4.69, 9.17) is 10.8 Å². The zero-order valence-corrected chi connectivity index (χ0v) is 13.0. The van der Waals surface area contributed by atoms with Gasteiger partial charge in [0, 0.05) is 16.2 Å². The Morgan fingerprint density at radius 2 is 2.00 bits per heavy atom. The van der Waals surface area contributed by atoms with E-state index in [0.717, 1.165) is 19.3 Å². The number of nitrogens with one attached hydrogen (secondary N) is 1. The summed E-state index contributed by atoms with van der Waals surface area (Å²) >= 11 is 3.19. The van der Waals surface area contributed by atoms with E-state index in [9.17, 15) is 9.59 Å². The minimum absolute atomic E-state index is 0.0712. The fourth-order valence-electron chi connectivity index (χ4n) is 3.72. The fraction of sp³-hybridized carbons (Fsp3) is 0.467. The minimum Gasteiger partial charge on any atom is -0.478 e. The Balaban J connectivity index is 1.76. The molecular weight excluding hydrogens is 336 g/mol. The topological polar surface area (TPSA) is 92.4 Å². The van der Waals surface area contributed by atoms with Gasteiger partial charge in [-0.25, -0.2) is 4.79 Å². The van der Waals surface area contributed by atoms with Gasteiger partial charge in [-0.05, 0) is 65.2 Å². The fourth-order valence-corrected chi connectivity index (χ4v) is 4.13. The normalized spacial score (nSPS) is 30.4. The Bertz CT molecular complexity index is 603. The molecule has 1 aromatic rings. The van der Waals surface area contributed by atoms with Crippen LogP contribution in [-0.2, 0) is 4.79 Å². The van der Waals surface area contributed by atoms with Crippen LogP contribution in [0.25, 0.3) is 0 Å². The van der Waals surface area contributed by atoms with E-state index in [1.807, 2.05) is 0 Å². The molecular formula is C15H17BrN2O3. The van der Waals surface area contributed by atoms with Crippen molar-refractivity contribution in [3.05, 3.63) is 28.2 Å². The van der Waals surface area contributed by atoms with Gasteiger partial charge in [-0.3, -0.25) is 4.79 Å². The van der Waals surface area contributed by atoms with Crippen LogP contribution in [0.3, 0.4) is 0 Å². The van der Waals surface area contributed by atoms with Gasteiger partial charge in [0.1, 0.15) is 0 Å². The Morgan fingerprint density at radius 3 is 2.62 bits per heavy atom. The Labute approximate surface area is 131 Å². The van der Waals surface area contributed by atoms with E-state index in [0.29, 0.717) is 22.0 Å². The van der Waals surface area contributed by atoms with Crippen LogP contribution in [0.1, 0.15) is 29.6 Å². The van der Waals surface area contributed by atoms with Crippen LogP contribution >= 0.6 is 15.9 Å². The first kappa shape index (κ1) is 14.5. The molecule has 0 aromatic heterocycles. The number of nitrogens with two attached hydrogens (primary N) is 1. The summed E-state index contributed by atoms with van der Waals surface area (Å²) in [5, 5.41) is 11.9. The molecule has 0 heterocycles. The van der Waals surface area contributed by atoms with Gasteiger partial charge in [0.25, 0.3) is 0 Å². The highest BCUT2D eigenvalue weighted by Crippen LogP contribution is 2.47. The van der Waals surface area contributed by atoms with Crippen LogP contribution in [-0.4, -0.2) is 23.0 Å². The van der Waals surface area contributed by atoms with Crippen LogP contribution in [0.4, 0.5) is 5.69 Å². The van der Waals surface area contributed by atoms with E-state index in [-0.39, 0.29) is 23.4 Å². The lowest BCUT2D eigenvalue weighted by Gasteiger charge is -2.27. The van der Waals surface area contributed by atoms with Crippen LogP contribution in [0.2, 0.25) is 0 Å². The van der Waals surface area contributed by atoms with Gasteiger partial charge >= 0.3 is 5.97 Å². The van der Waals surface area contributed by atoms with Gasteiger partial charge in [-0.1, -0.05) is 0 Å². The van der Waals surface area contributed by atoms with E-state index in [2.05, 4.69) is 21.2 Å². The Morgan fingerprint density at radius 1 is 1.29 bits per heavy atom. The van der Waals surface area contributed by atoms with Gasteiger partial charge in [0.2, 0.25) is 5.91 Å². The first-order chi connectivity index (χ1) is 9.97. The first-order valence-electron chi connectivity index (χ1n) is 7.06. The molecule has 0 spiro atoms. The number of hydrogen-bond acceptors (Lipinski definition) is 3. The van der Waals surface area contributed by atoms with Crippen molar-refractivity contribution in [3.8, 4) is 0 Å². The number of carboxylic acid groups (broad SMARTS) is 1. The number of carboxylic acids is 1. The third-order valence-electron chi connectivity index (χ3n) is 4.75. The van der Waals surface area contributed by atoms with Crippen molar-refractivity contribution in [1.29, 1.82) is 0 Å². The monoisotopic (exact) mass is 352 g/mol. The van der Waals surface area contributed by atoms with E-state index < -0.39 is 5.97 Å². The summed E-state index contributed by atoms with van der Waals surface area (Å²) in [5.41, 5.74) is 6.78. The largest absolute Gasteiger partial charge is 0.478 e. The molecule has 2 aliphatic rings. The number of carbonyl (C=O) groups excluding carboxylic acids is 1. The molecule has 0 radical (unpaired) electrons. The molecule has 2 saturated carbocycles. The SMILES string of the molecule is NC1C2CCC(C2)C1C(=O)Nc1ccc(Br)c(C(=O)O)c1. The van der Waals surface area contributed by atoms with Crippen molar-refractivity contribution in [2.75, 3.05) is 5.32 Å². The lowest BCUT2D eigenvalue weighted by molar-refractivity contribution is -0.121. The Kier molecular flexibility index (Phi) is 3.75. The average Bonchev–Trinajstić information content (AvgIpc) is 3.01. The molecule has 2 fully saturated rings. The summed E-state index contributed by atoms with van der Waals surface area (Å²) in [6, 6.07) is 4.70. The number of amides is 1. The van der Waals surface area contributed by atoms with Gasteiger partial charge in [0.05, 0.1) is 11.5 Å². The predicted octanol–water partition coefficient (Wildman–Crippen LogP) is 2.46. The van der Waals surface area contributed by atoms with Gasteiger partial charge in [0.15, 0.2) is 0 Å². The summed E-state index contributed by atoms with van der Waals surface area (Å²) in [6.07, 6.45) is 3.23. The maximum Gasteiger partial charge on any atom is 0.336 e. The van der Waals surface area contributed by atoms with Crippen molar-refractivity contribution >= 4 is 33.5 Å². The van der Waals surface area contributed by atoms with Crippen molar-refractivity contribution in [3.63, 3.8) is 0 Å². The number of rotatable bonds is 3. The molecule has 2 bridgehead atoms. The second kappa shape index (κ2) is 5.42. The highest BCUT2D eigenvalue weighted by molar-refractivity contribution is 9.10. The highest BCUT2D eigenvalue weighted by Gasteiger charge is 2.49. The smallest absolute Gasteiger partial charge is 0.336 e. The molecule has 0 aliphatic heterocycles. The number of carbonyl (C=O) groups is 2. The molecule has 21 heavy (non-hydrogen) atoms. The van der Waals surface area contributed by atoms with E-state index >= 15 is 0 Å². The van der Waals surface area contributed by atoms with Crippen LogP contribution < -0.4 is 11.1 Å². The first-order valence-corrected chi connectivity index (χ1v) is 7.86. The van der Waals surface area contributed by atoms with Crippen molar-refractivity contribution in [2.24, 2.45) is 23.5 Å². The number of benzene rings is 1. The summed E-state index contributed by atoms with van der Waals surface area (Å²) < 4.78 is 0.490. The molecule has 0 saturated heterocycles. The molecule has 4 atom stereocenters. The lowest BCUT2D eigenvalue weighted by Crippen LogP contribution is -2.42. The average molecular weight is 353 g/mol. The van der Waals surface area contributed by atoms with Crippen LogP contribution in [0, 0.1) is 17.8 Å². The number of aromatic carboxylic acids is 1. The summed E-state index contributed by atoms with van der Waals surface area (Å²) in [4.78, 5) is 23.5. The standard InChI is InChI=1S/C15H17BrN2O3/c16-11-4-3-9(6-10(11)15(20)21)18-14(19)12-7-1-2-8(5-7)13(12)17/h3-4,6-8,12-13H,1-2,5,17H2,(H,18,19)(H,20,21). The number of anilines is 1. The molecule has 2 aliphatic carbocycles. The second-order valence-corrected chi connectivity index (χ2v) is 6.78. The van der Waals surface area contributed by atoms with E-state index in [1.165, 1.54) is 6.07 Å². The Hall–Kier alpha value is -1.40. The third-order valence-corrected chi connectivity index (χ3v) is 5.44. The molecule has 3 rings (SSSR count). The van der Waals surface area contributed by atoms with Crippen LogP contribution in [0.15, 0.2) is 22.7 Å². The highest BCUT2D eigenvalue weighted by atomic mass is 79.9. The quantitative estimate of drug-likeness (QED) is 0.778. The summed E-state index contributed by atoms with van der Waals surface area (Å²) in [5.74, 6) is -0.437. The number of halogens is 1. The number of hydrogen-bond donors (Lipinski definition) is 3. The predicted molar refractivity (Wildman–Crippen MR) is 82.0 cm³/mol. The number of fused-ring (bicyclic) bond motifs is 2. The zero-order chi connectivity index (χ0) is 15.1. The molecule has 4 N–H and O–H groups in total. The molecule has 6 heteroatoms.